The van der Waals surface area contributed by atoms with Crippen LogP contribution in [0.1, 0.15) is 23.9 Å². The Morgan fingerprint density at radius 1 is 1.40 bits per heavy atom. The van der Waals surface area contributed by atoms with Crippen molar-refractivity contribution in [3.8, 4) is 0 Å². The number of hydrogen-bond acceptors (Lipinski definition) is 4. The maximum atomic E-state index is 12.4. The zero-order valence-electron chi connectivity index (χ0n) is 11.4. The van der Waals surface area contributed by atoms with Crippen molar-refractivity contribution in [3.05, 3.63) is 30.2 Å². The molecule has 0 aromatic carbocycles. The number of aromatic nitrogens is 4. The number of H-pyrrole nitrogens is 1. The summed E-state index contributed by atoms with van der Waals surface area (Å²) in [6.07, 6.45) is 5.57. The van der Waals surface area contributed by atoms with Gasteiger partial charge in [-0.1, -0.05) is 0 Å². The van der Waals surface area contributed by atoms with Crippen molar-refractivity contribution in [2.75, 3.05) is 13.1 Å². The van der Waals surface area contributed by atoms with Gasteiger partial charge in [-0.05, 0) is 13.3 Å². The molecular weight excluding hydrogens is 278 g/mol. The van der Waals surface area contributed by atoms with Crippen molar-refractivity contribution in [1.29, 1.82) is 0 Å². The Morgan fingerprint density at radius 3 is 2.80 bits per heavy atom. The molecule has 1 fully saturated rings. The lowest BCUT2D eigenvalue weighted by atomic mass is 10.1. The number of hydrogen-bond donors (Lipinski definition) is 1. The van der Waals surface area contributed by atoms with E-state index in [0.29, 0.717) is 13.1 Å². The highest BCUT2D eigenvalue weighted by molar-refractivity contribution is 7.89. The van der Waals surface area contributed by atoms with E-state index in [2.05, 4.69) is 15.0 Å². The summed E-state index contributed by atoms with van der Waals surface area (Å²) in [5.74, 6) is 0.989. The highest BCUT2D eigenvalue weighted by Gasteiger charge is 2.35. The summed E-state index contributed by atoms with van der Waals surface area (Å²) in [7, 11) is -1.74. The van der Waals surface area contributed by atoms with Crippen LogP contribution < -0.4 is 0 Å². The molecule has 1 aliphatic heterocycles. The van der Waals surface area contributed by atoms with Gasteiger partial charge in [-0.25, -0.2) is 18.4 Å². The third-order valence-corrected chi connectivity index (χ3v) is 5.30. The first kappa shape index (κ1) is 13.3. The van der Waals surface area contributed by atoms with Crippen molar-refractivity contribution < 1.29 is 8.42 Å². The molecule has 1 atom stereocenters. The van der Waals surface area contributed by atoms with Crippen molar-refractivity contribution in [2.45, 2.75) is 24.3 Å². The number of sulfonamides is 1. The maximum Gasteiger partial charge on any atom is 0.262 e. The predicted molar refractivity (Wildman–Crippen MR) is 72.6 cm³/mol. The molecule has 3 rings (SSSR count). The molecule has 0 unspecified atom stereocenters. The molecule has 0 spiro atoms. The van der Waals surface area contributed by atoms with Gasteiger partial charge in [0.2, 0.25) is 0 Å². The number of nitrogens with one attached hydrogen (secondary N) is 1. The molecule has 0 saturated carbocycles. The second-order valence-corrected chi connectivity index (χ2v) is 7.06. The van der Waals surface area contributed by atoms with Gasteiger partial charge in [0.05, 0.1) is 6.33 Å². The van der Waals surface area contributed by atoms with Gasteiger partial charge in [0.25, 0.3) is 10.0 Å². The SMILES string of the molecule is Cc1cnc([C@@H]2CCN(S(=O)(=O)c3cn(C)cn3)C2)[nH]1. The molecular formula is C12H17N5O2S. The number of rotatable bonds is 3. The topological polar surface area (TPSA) is 83.9 Å². The number of aromatic amines is 1. The lowest BCUT2D eigenvalue weighted by molar-refractivity contribution is 0.469. The van der Waals surface area contributed by atoms with Gasteiger partial charge in [-0.3, -0.25) is 0 Å². The first-order chi connectivity index (χ1) is 9.46. The largest absolute Gasteiger partial charge is 0.346 e. The third-order valence-electron chi connectivity index (χ3n) is 3.55. The van der Waals surface area contributed by atoms with Crippen LogP contribution in [0, 0.1) is 6.92 Å². The van der Waals surface area contributed by atoms with Crippen LogP contribution in [0.2, 0.25) is 0 Å². The fourth-order valence-electron chi connectivity index (χ4n) is 2.46. The van der Waals surface area contributed by atoms with E-state index >= 15 is 0 Å². The lowest BCUT2D eigenvalue weighted by Crippen LogP contribution is -2.29. The molecule has 2 aromatic rings. The minimum absolute atomic E-state index is 0.108. The summed E-state index contributed by atoms with van der Waals surface area (Å²) < 4.78 is 28.0. The van der Waals surface area contributed by atoms with E-state index in [4.69, 9.17) is 0 Å². The molecule has 2 aromatic heterocycles. The standard InChI is InChI=1S/C12H17N5O2S/c1-9-5-13-12(15-9)10-3-4-17(6-10)20(18,19)11-7-16(2)8-14-11/h5,7-8,10H,3-4,6H2,1-2H3,(H,13,15)/t10-/m1/s1. The van der Waals surface area contributed by atoms with Gasteiger partial charge in [-0.2, -0.15) is 4.31 Å². The molecule has 1 aliphatic rings. The van der Waals surface area contributed by atoms with Gasteiger partial charge in [0.15, 0.2) is 5.03 Å². The van der Waals surface area contributed by atoms with Gasteiger partial charge >= 0.3 is 0 Å². The minimum Gasteiger partial charge on any atom is -0.346 e. The Hall–Kier alpha value is -1.67. The summed E-state index contributed by atoms with van der Waals surface area (Å²) in [6, 6.07) is 0. The molecule has 20 heavy (non-hydrogen) atoms. The second kappa shape index (κ2) is 4.71. The van der Waals surface area contributed by atoms with Crippen LogP contribution in [0.5, 0.6) is 0 Å². The predicted octanol–water partition coefficient (Wildman–Crippen LogP) is 0.630. The Labute approximate surface area is 117 Å². The molecule has 8 heteroatoms. The summed E-state index contributed by atoms with van der Waals surface area (Å²) >= 11 is 0. The van der Waals surface area contributed by atoms with Crippen LogP contribution >= 0.6 is 0 Å². The number of aryl methyl sites for hydroxylation is 2. The molecule has 0 aliphatic carbocycles. The lowest BCUT2D eigenvalue weighted by Gasteiger charge is -2.14. The summed E-state index contributed by atoms with van der Waals surface area (Å²) in [4.78, 5) is 11.4. The van der Waals surface area contributed by atoms with Gasteiger partial charge in [0, 0.05) is 44.1 Å². The fraction of sp³-hybridized carbons (Fsp3) is 0.500. The average Bonchev–Trinajstić information content (AvgIpc) is 3.07. The minimum atomic E-state index is -3.49. The van der Waals surface area contributed by atoms with Crippen LogP contribution in [0.4, 0.5) is 0 Å². The Balaban J connectivity index is 1.80. The van der Waals surface area contributed by atoms with E-state index in [1.54, 1.807) is 17.8 Å². The molecule has 7 nitrogen and oxygen atoms in total. The maximum absolute atomic E-state index is 12.4. The van der Waals surface area contributed by atoms with Crippen molar-refractivity contribution in [3.63, 3.8) is 0 Å². The smallest absolute Gasteiger partial charge is 0.262 e. The molecule has 0 amide bonds. The van der Waals surface area contributed by atoms with Crippen LogP contribution in [0.3, 0.4) is 0 Å². The third kappa shape index (κ3) is 2.25. The van der Waals surface area contributed by atoms with Crippen molar-refractivity contribution in [1.82, 2.24) is 23.8 Å². The normalized spacial score (nSPS) is 20.6. The molecule has 1 N–H and O–H groups in total. The first-order valence-corrected chi connectivity index (χ1v) is 7.90. The van der Waals surface area contributed by atoms with Crippen LogP contribution in [-0.4, -0.2) is 45.3 Å². The molecule has 3 heterocycles. The molecule has 0 radical (unpaired) electrons. The Bertz CT molecular complexity index is 718. The monoisotopic (exact) mass is 295 g/mol. The van der Waals surface area contributed by atoms with E-state index in [0.717, 1.165) is 17.9 Å². The van der Waals surface area contributed by atoms with E-state index < -0.39 is 10.0 Å². The summed E-state index contributed by atoms with van der Waals surface area (Å²) in [5, 5.41) is 0.108. The average molecular weight is 295 g/mol. The van der Waals surface area contributed by atoms with Gasteiger partial charge in [0.1, 0.15) is 5.82 Å². The van der Waals surface area contributed by atoms with E-state index in [1.165, 1.54) is 16.8 Å². The van der Waals surface area contributed by atoms with Crippen molar-refractivity contribution >= 4 is 10.0 Å². The molecule has 108 valence electrons. The van der Waals surface area contributed by atoms with Crippen molar-refractivity contribution in [2.24, 2.45) is 7.05 Å². The zero-order valence-corrected chi connectivity index (χ0v) is 12.3. The van der Waals surface area contributed by atoms with E-state index in [-0.39, 0.29) is 10.9 Å². The van der Waals surface area contributed by atoms with Gasteiger partial charge in [-0.15, -0.1) is 0 Å². The molecule has 1 saturated heterocycles. The highest BCUT2D eigenvalue weighted by atomic mass is 32.2. The van der Waals surface area contributed by atoms with Crippen LogP contribution in [0.25, 0.3) is 0 Å². The fourth-order valence-corrected chi connectivity index (χ4v) is 3.93. The second-order valence-electron chi connectivity index (χ2n) is 5.18. The van der Waals surface area contributed by atoms with Crippen LogP contribution in [0.15, 0.2) is 23.7 Å². The zero-order chi connectivity index (χ0) is 14.3. The van der Waals surface area contributed by atoms with Gasteiger partial charge < -0.3 is 9.55 Å². The molecule has 0 bridgehead atoms. The van der Waals surface area contributed by atoms with E-state index in [9.17, 15) is 8.42 Å². The summed E-state index contributed by atoms with van der Waals surface area (Å²) in [6.45, 7) is 2.89. The number of imidazole rings is 2. The summed E-state index contributed by atoms with van der Waals surface area (Å²) in [5.41, 5.74) is 0.992. The Morgan fingerprint density at radius 2 is 2.20 bits per heavy atom. The first-order valence-electron chi connectivity index (χ1n) is 6.46. The Kier molecular flexibility index (Phi) is 3.14. The quantitative estimate of drug-likeness (QED) is 0.900. The van der Waals surface area contributed by atoms with Crippen LogP contribution in [-0.2, 0) is 17.1 Å². The number of nitrogens with zero attached hydrogens (tertiary/aromatic N) is 4. The highest BCUT2D eigenvalue weighted by Crippen LogP contribution is 2.29. The van der Waals surface area contributed by atoms with E-state index in [1.807, 2.05) is 6.92 Å².